The second-order valence-electron chi connectivity index (χ2n) is 6.77. The number of benzene rings is 2. The van der Waals surface area contributed by atoms with Gasteiger partial charge in [0.15, 0.2) is 0 Å². The van der Waals surface area contributed by atoms with Crippen LogP contribution in [0.15, 0.2) is 42.5 Å². The molecule has 3 amide bonds. The molecule has 2 aromatic rings. The van der Waals surface area contributed by atoms with E-state index in [0.29, 0.717) is 23.2 Å². The molecule has 6 heteroatoms. The Hall–Kier alpha value is -3.46. The topological polar surface area (TPSA) is 81.5 Å². The van der Waals surface area contributed by atoms with E-state index in [0.717, 1.165) is 10.5 Å². The van der Waals surface area contributed by atoms with Gasteiger partial charge in [-0.05, 0) is 49.7 Å². The van der Waals surface area contributed by atoms with Gasteiger partial charge in [-0.2, -0.15) is 5.26 Å². The van der Waals surface area contributed by atoms with E-state index in [1.165, 1.54) is 19.2 Å². The third-order valence-electron chi connectivity index (χ3n) is 4.66. The van der Waals surface area contributed by atoms with Crippen molar-refractivity contribution < 1.29 is 14.4 Å². The van der Waals surface area contributed by atoms with E-state index in [-0.39, 0.29) is 23.4 Å². The van der Waals surface area contributed by atoms with Crippen LogP contribution in [0.5, 0.6) is 0 Å². The van der Waals surface area contributed by atoms with Gasteiger partial charge in [-0.1, -0.05) is 12.1 Å². The summed E-state index contributed by atoms with van der Waals surface area (Å²) in [6, 6.07) is 13.7. The lowest BCUT2D eigenvalue weighted by molar-refractivity contribution is 0.0684. The molecule has 3 rings (SSSR count). The first-order chi connectivity index (χ1) is 12.8. The molecule has 0 spiro atoms. The molecule has 0 saturated heterocycles. The Kier molecular flexibility index (Phi) is 4.78. The first-order valence-corrected chi connectivity index (χ1v) is 8.60. The molecular formula is C21H19N3O3. The van der Waals surface area contributed by atoms with Crippen LogP contribution in [0.1, 0.15) is 56.0 Å². The smallest absolute Gasteiger partial charge is 0.261 e. The fourth-order valence-corrected chi connectivity index (χ4v) is 3.03. The maximum atomic E-state index is 13.0. The van der Waals surface area contributed by atoms with Gasteiger partial charge < -0.3 is 4.90 Å². The van der Waals surface area contributed by atoms with Crippen LogP contribution in [0.25, 0.3) is 0 Å². The van der Waals surface area contributed by atoms with Crippen LogP contribution in [-0.4, -0.2) is 40.6 Å². The van der Waals surface area contributed by atoms with E-state index in [1.807, 2.05) is 26.0 Å². The SMILES string of the molecule is CC(C)N(Cc1ccc(C#N)cc1)C(=O)c1ccc2c(c1)C(=O)N(C)C2=O. The minimum absolute atomic E-state index is 0.0681. The van der Waals surface area contributed by atoms with Crippen molar-refractivity contribution in [2.75, 3.05) is 7.05 Å². The largest absolute Gasteiger partial charge is 0.332 e. The van der Waals surface area contributed by atoms with Crippen molar-refractivity contribution in [1.29, 1.82) is 5.26 Å². The van der Waals surface area contributed by atoms with Gasteiger partial charge in [-0.15, -0.1) is 0 Å². The number of hydrogen-bond donors (Lipinski definition) is 0. The van der Waals surface area contributed by atoms with E-state index >= 15 is 0 Å². The predicted molar refractivity (Wildman–Crippen MR) is 99.0 cm³/mol. The van der Waals surface area contributed by atoms with Gasteiger partial charge in [0.05, 0.1) is 22.8 Å². The predicted octanol–water partition coefficient (Wildman–Crippen LogP) is 2.83. The molecule has 0 aliphatic carbocycles. The fraction of sp³-hybridized carbons (Fsp3) is 0.238. The first-order valence-electron chi connectivity index (χ1n) is 8.60. The van der Waals surface area contributed by atoms with Gasteiger partial charge in [0, 0.05) is 25.2 Å². The average molecular weight is 361 g/mol. The van der Waals surface area contributed by atoms with Crippen LogP contribution in [0, 0.1) is 11.3 Å². The first kappa shape index (κ1) is 18.3. The van der Waals surface area contributed by atoms with Crippen LogP contribution < -0.4 is 0 Å². The lowest BCUT2D eigenvalue weighted by Crippen LogP contribution is -2.36. The monoisotopic (exact) mass is 361 g/mol. The summed E-state index contributed by atoms with van der Waals surface area (Å²) in [6.07, 6.45) is 0. The van der Waals surface area contributed by atoms with E-state index in [1.54, 1.807) is 23.1 Å². The third kappa shape index (κ3) is 3.32. The summed E-state index contributed by atoms with van der Waals surface area (Å²) >= 11 is 0. The normalized spacial score (nSPS) is 12.9. The van der Waals surface area contributed by atoms with Crippen molar-refractivity contribution in [3.63, 3.8) is 0 Å². The third-order valence-corrected chi connectivity index (χ3v) is 4.66. The molecule has 1 aliphatic heterocycles. The van der Waals surface area contributed by atoms with Gasteiger partial charge in [0.25, 0.3) is 17.7 Å². The summed E-state index contributed by atoms with van der Waals surface area (Å²) in [7, 11) is 1.43. The maximum Gasteiger partial charge on any atom is 0.261 e. The Balaban J connectivity index is 1.89. The minimum Gasteiger partial charge on any atom is -0.332 e. The van der Waals surface area contributed by atoms with Crippen LogP contribution in [-0.2, 0) is 6.54 Å². The Morgan fingerprint density at radius 1 is 1.07 bits per heavy atom. The second kappa shape index (κ2) is 7.04. The van der Waals surface area contributed by atoms with Gasteiger partial charge in [0.2, 0.25) is 0 Å². The zero-order valence-corrected chi connectivity index (χ0v) is 15.4. The van der Waals surface area contributed by atoms with Gasteiger partial charge in [0.1, 0.15) is 0 Å². The number of hydrogen-bond acceptors (Lipinski definition) is 4. The summed E-state index contributed by atoms with van der Waals surface area (Å²) in [5.74, 6) is -0.966. The molecule has 0 bridgehead atoms. The number of amides is 3. The molecule has 0 atom stereocenters. The van der Waals surface area contributed by atoms with Gasteiger partial charge >= 0.3 is 0 Å². The molecule has 6 nitrogen and oxygen atoms in total. The molecule has 0 unspecified atom stereocenters. The molecule has 0 fully saturated rings. The van der Waals surface area contributed by atoms with Crippen molar-refractivity contribution >= 4 is 17.7 Å². The van der Waals surface area contributed by atoms with E-state index in [9.17, 15) is 14.4 Å². The molecule has 27 heavy (non-hydrogen) atoms. The number of nitriles is 1. The summed E-state index contributed by atoms with van der Waals surface area (Å²) in [5.41, 5.74) is 2.42. The summed E-state index contributed by atoms with van der Waals surface area (Å²) in [5, 5.41) is 8.90. The molecule has 1 heterocycles. The molecule has 2 aromatic carbocycles. The highest BCUT2D eigenvalue weighted by atomic mass is 16.2. The summed E-state index contributed by atoms with van der Waals surface area (Å²) in [4.78, 5) is 40.0. The van der Waals surface area contributed by atoms with E-state index < -0.39 is 5.91 Å². The molecule has 0 saturated carbocycles. The highest BCUT2D eigenvalue weighted by Gasteiger charge is 2.33. The van der Waals surface area contributed by atoms with E-state index in [2.05, 4.69) is 6.07 Å². The number of carbonyl (C=O) groups is 3. The molecule has 1 aliphatic rings. The van der Waals surface area contributed by atoms with Crippen molar-refractivity contribution in [3.8, 4) is 6.07 Å². The Labute approximate surface area is 157 Å². The zero-order valence-electron chi connectivity index (χ0n) is 15.4. The number of carbonyl (C=O) groups excluding carboxylic acids is 3. The lowest BCUT2D eigenvalue weighted by Gasteiger charge is -2.27. The van der Waals surface area contributed by atoms with Crippen molar-refractivity contribution in [1.82, 2.24) is 9.80 Å². The number of nitrogens with zero attached hydrogens (tertiary/aromatic N) is 3. The second-order valence-corrected chi connectivity index (χ2v) is 6.77. The van der Waals surface area contributed by atoms with E-state index in [4.69, 9.17) is 5.26 Å². The Bertz CT molecular complexity index is 971. The number of rotatable bonds is 4. The van der Waals surface area contributed by atoms with Crippen LogP contribution in [0.3, 0.4) is 0 Å². The average Bonchev–Trinajstić information content (AvgIpc) is 2.89. The van der Waals surface area contributed by atoms with Crippen LogP contribution in [0.4, 0.5) is 0 Å². The summed E-state index contributed by atoms with van der Waals surface area (Å²) < 4.78 is 0. The van der Waals surface area contributed by atoms with Crippen LogP contribution in [0.2, 0.25) is 0 Å². The molecule has 136 valence electrons. The highest BCUT2D eigenvalue weighted by Crippen LogP contribution is 2.24. The minimum atomic E-state index is -0.396. The number of imide groups is 1. The maximum absolute atomic E-state index is 13.0. The van der Waals surface area contributed by atoms with Crippen molar-refractivity contribution in [2.24, 2.45) is 0 Å². The molecular weight excluding hydrogens is 342 g/mol. The number of fused-ring (bicyclic) bond motifs is 1. The quantitative estimate of drug-likeness (QED) is 0.784. The van der Waals surface area contributed by atoms with Crippen molar-refractivity contribution in [2.45, 2.75) is 26.4 Å². The van der Waals surface area contributed by atoms with Crippen molar-refractivity contribution in [3.05, 3.63) is 70.3 Å². The highest BCUT2D eigenvalue weighted by molar-refractivity contribution is 6.21. The molecule has 0 aromatic heterocycles. The Morgan fingerprint density at radius 3 is 2.30 bits per heavy atom. The lowest BCUT2D eigenvalue weighted by atomic mass is 10.0. The van der Waals surface area contributed by atoms with Crippen LogP contribution >= 0.6 is 0 Å². The zero-order chi connectivity index (χ0) is 19.7. The molecule has 0 N–H and O–H groups in total. The van der Waals surface area contributed by atoms with Gasteiger partial charge in [-0.25, -0.2) is 0 Å². The van der Waals surface area contributed by atoms with Gasteiger partial charge in [-0.3, -0.25) is 19.3 Å². The summed E-state index contributed by atoms with van der Waals surface area (Å²) in [6.45, 7) is 4.21. The fourth-order valence-electron chi connectivity index (χ4n) is 3.03. The Morgan fingerprint density at radius 2 is 1.70 bits per heavy atom. The molecule has 0 radical (unpaired) electrons. The standard InChI is InChI=1S/C21H19N3O3/c1-13(2)24(12-15-6-4-14(11-22)5-7-15)19(25)16-8-9-17-18(10-16)21(27)23(3)20(17)26/h4-10,13H,12H2,1-3H3.